The van der Waals surface area contributed by atoms with Crippen molar-refractivity contribution in [1.29, 1.82) is 0 Å². The molecule has 2 N–H and O–H groups in total. The Labute approximate surface area is 142 Å². The number of halogens is 1. The van der Waals surface area contributed by atoms with Gasteiger partial charge in [-0.25, -0.2) is 4.68 Å². The Morgan fingerprint density at radius 2 is 2.09 bits per heavy atom. The van der Waals surface area contributed by atoms with E-state index in [9.17, 15) is 9.90 Å². The molecule has 0 spiro atoms. The van der Waals surface area contributed by atoms with Crippen LogP contribution in [0.2, 0.25) is 5.02 Å². The second-order valence-electron chi connectivity index (χ2n) is 4.80. The van der Waals surface area contributed by atoms with Crippen molar-refractivity contribution in [2.45, 2.75) is 6.54 Å². The molecule has 23 heavy (non-hydrogen) atoms. The Balaban J connectivity index is 1.86. The zero-order valence-electron chi connectivity index (χ0n) is 12.1. The Hall–Kier alpha value is -2.15. The van der Waals surface area contributed by atoms with Crippen LogP contribution in [0.1, 0.15) is 10.4 Å². The summed E-state index contributed by atoms with van der Waals surface area (Å²) in [6.07, 6.45) is 0. The zero-order chi connectivity index (χ0) is 16.2. The molecule has 5 nitrogen and oxygen atoms in total. The molecule has 7 heteroatoms. The molecular weight excluding hydrogens is 334 g/mol. The number of hydrogen-bond acceptors (Lipinski definition) is 4. The van der Waals surface area contributed by atoms with Crippen molar-refractivity contribution >= 4 is 34.7 Å². The number of carbonyl (C=O) groups excluding carboxylic acids is 1. The Morgan fingerprint density at radius 1 is 1.30 bits per heavy atom. The van der Waals surface area contributed by atoms with Crippen LogP contribution in [0, 0.1) is 0 Å². The molecule has 1 aromatic carbocycles. The summed E-state index contributed by atoms with van der Waals surface area (Å²) in [7, 11) is 0. The summed E-state index contributed by atoms with van der Waals surface area (Å²) < 4.78 is 1.59. The smallest absolute Gasteiger partial charge is 0.256 e. The van der Waals surface area contributed by atoms with Crippen molar-refractivity contribution in [1.82, 2.24) is 9.78 Å². The summed E-state index contributed by atoms with van der Waals surface area (Å²) in [4.78, 5) is 13.3. The van der Waals surface area contributed by atoms with Gasteiger partial charge >= 0.3 is 0 Å². The highest BCUT2D eigenvalue weighted by Gasteiger charge is 2.13. The van der Waals surface area contributed by atoms with Gasteiger partial charge in [-0.15, -0.1) is 11.3 Å². The molecule has 0 aliphatic rings. The van der Waals surface area contributed by atoms with E-state index in [4.69, 9.17) is 11.6 Å². The number of amides is 1. The number of carbonyl (C=O) groups is 1. The predicted molar refractivity (Wildman–Crippen MR) is 92.0 cm³/mol. The number of aliphatic hydroxyl groups excluding tert-OH is 1. The normalized spacial score (nSPS) is 10.7. The number of rotatable bonds is 5. The van der Waals surface area contributed by atoms with Crippen molar-refractivity contribution in [2.24, 2.45) is 0 Å². The van der Waals surface area contributed by atoms with Gasteiger partial charge in [0.2, 0.25) is 0 Å². The lowest BCUT2D eigenvalue weighted by Gasteiger charge is -2.07. The number of nitrogens with zero attached hydrogens (tertiary/aromatic N) is 2. The predicted octanol–water partition coefficient (Wildman–Crippen LogP) is 3.51. The van der Waals surface area contributed by atoms with Crippen LogP contribution in [0.3, 0.4) is 0 Å². The molecule has 0 fully saturated rings. The number of thiophene rings is 1. The molecule has 3 rings (SSSR count). The fourth-order valence-electron chi connectivity index (χ4n) is 2.12. The van der Waals surface area contributed by atoms with E-state index in [1.807, 2.05) is 17.5 Å². The first-order chi connectivity index (χ1) is 11.2. The molecule has 0 aliphatic carbocycles. The highest BCUT2D eigenvalue weighted by atomic mass is 35.5. The van der Waals surface area contributed by atoms with Crippen LogP contribution in [-0.2, 0) is 6.54 Å². The summed E-state index contributed by atoms with van der Waals surface area (Å²) in [5, 5.41) is 19.0. The fourth-order valence-corrected chi connectivity index (χ4v) is 2.92. The van der Waals surface area contributed by atoms with Gasteiger partial charge in [0, 0.05) is 16.7 Å². The lowest BCUT2D eigenvalue weighted by Crippen LogP contribution is -2.16. The van der Waals surface area contributed by atoms with E-state index >= 15 is 0 Å². The highest BCUT2D eigenvalue weighted by molar-refractivity contribution is 7.13. The van der Waals surface area contributed by atoms with Crippen LogP contribution >= 0.6 is 22.9 Å². The summed E-state index contributed by atoms with van der Waals surface area (Å²) in [5.74, 6) is 0.292. The van der Waals surface area contributed by atoms with Gasteiger partial charge in [0.25, 0.3) is 5.91 Å². The van der Waals surface area contributed by atoms with Gasteiger partial charge in [0.15, 0.2) is 0 Å². The number of aromatic nitrogens is 2. The third kappa shape index (κ3) is 3.61. The maximum atomic E-state index is 12.3. The van der Waals surface area contributed by atoms with Gasteiger partial charge in [0.1, 0.15) is 11.5 Å². The summed E-state index contributed by atoms with van der Waals surface area (Å²) >= 11 is 7.40. The average molecular weight is 348 g/mol. The SMILES string of the molecule is O=C(Nc1cc(-c2cccs2)nn1CCO)c1ccc(Cl)cc1. The van der Waals surface area contributed by atoms with Crippen LogP contribution in [0.15, 0.2) is 47.8 Å². The maximum absolute atomic E-state index is 12.3. The van der Waals surface area contributed by atoms with Crippen LogP contribution in [-0.4, -0.2) is 27.4 Å². The van der Waals surface area contributed by atoms with Gasteiger partial charge in [-0.1, -0.05) is 17.7 Å². The van der Waals surface area contributed by atoms with Crippen LogP contribution in [0.5, 0.6) is 0 Å². The van der Waals surface area contributed by atoms with Crippen molar-refractivity contribution in [3.63, 3.8) is 0 Å². The molecule has 0 bridgehead atoms. The molecule has 0 radical (unpaired) electrons. The quantitative estimate of drug-likeness (QED) is 0.742. The van der Waals surface area contributed by atoms with Crippen LogP contribution in [0.25, 0.3) is 10.6 Å². The molecule has 118 valence electrons. The standard InChI is InChI=1S/C16H14ClN3O2S/c17-12-5-3-11(4-6-12)16(22)18-15-10-13(14-2-1-9-23-14)19-20(15)7-8-21/h1-6,9-10,21H,7-8H2,(H,18,22). The number of nitrogens with one attached hydrogen (secondary N) is 1. The number of hydrogen-bond donors (Lipinski definition) is 2. The van der Waals surface area contributed by atoms with Crippen LogP contribution in [0.4, 0.5) is 5.82 Å². The minimum Gasteiger partial charge on any atom is -0.394 e. The summed E-state index contributed by atoms with van der Waals surface area (Å²) in [6, 6.07) is 12.3. The molecular formula is C16H14ClN3O2S. The summed E-state index contributed by atoms with van der Waals surface area (Å²) in [5.41, 5.74) is 1.27. The molecule has 0 aliphatic heterocycles. The number of anilines is 1. The van der Waals surface area contributed by atoms with E-state index in [1.165, 1.54) is 0 Å². The highest BCUT2D eigenvalue weighted by Crippen LogP contribution is 2.26. The Kier molecular flexibility index (Phi) is 4.76. The van der Waals surface area contributed by atoms with Crippen LogP contribution < -0.4 is 5.32 Å². The van der Waals surface area contributed by atoms with Crippen molar-refractivity contribution < 1.29 is 9.90 Å². The minimum absolute atomic E-state index is 0.0601. The number of benzene rings is 1. The second kappa shape index (κ2) is 6.95. The van der Waals surface area contributed by atoms with Gasteiger partial charge in [-0.05, 0) is 35.7 Å². The molecule has 3 aromatic rings. The zero-order valence-corrected chi connectivity index (χ0v) is 13.6. The lowest BCUT2D eigenvalue weighted by atomic mass is 10.2. The molecule has 0 saturated carbocycles. The van der Waals surface area contributed by atoms with E-state index in [-0.39, 0.29) is 12.5 Å². The van der Waals surface area contributed by atoms with Gasteiger partial charge in [-0.2, -0.15) is 5.10 Å². The van der Waals surface area contributed by atoms with E-state index in [0.717, 1.165) is 10.6 Å². The fraction of sp³-hybridized carbons (Fsp3) is 0.125. The monoisotopic (exact) mass is 347 g/mol. The first-order valence-electron chi connectivity index (χ1n) is 6.97. The minimum atomic E-state index is -0.251. The molecule has 0 unspecified atom stereocenters. The van der Waals surface area contributed by atoms with Crippen molar-refractivity contribution in [2.75, 3.05) is 11.9 Å². The van der Waals surface area contributed by atoms with E-state index in [2.05, 4.69) is 10.4 Å². The molecule has 2 heterocycles. The van der Waals surface area contributed by atoms with Gasteiger partial charge < -0.3 is 10.4 Å². The topological polar surface area (TPSA) is 67.2 Å². The van der Waals surface area contributed by atoms with Gasteiger partial charge in [-0.3, -0.25) is 4.79 Å². The third-order valence-electron chi connectivity index (χ3n) is 3.21. The maximum Gasteiger partial charge on any atom is 0.256 e. The molecule has 0 saturated heterocycles. The third-order valence-corrected chi connectivity index (χ3v) is 4.36. The van der Waals surface area contributed by atoms with E-state index < -0.39 is 0 Å². The first-order valence-corrected chi connectivity index (χ1v) is 8.22. The Bertz CT molecular complexity index is 797. The lowest BCUT2D eigenvalue weighted by molar-refractivity contribution is 0.102. The second-order valence-corrected chi connectivity index (χ2v) is 6.18. The average Bonchev–Trinajstić information content (AvgIpc) is 3.18. The first kappa shape index (κ1) is 15.7. The molecule has 1 amide bonds. The largest absolute Gasteiger partial charge is 0.394 e. The molecule has 2 aromatic heterocycles. The van der Waals surface area contributed by atoms with E-state index in [1.54, 1.807) is 46.4 Å². The van der Waals surface area contributed by atoms with Crippen molar-refractivity contribution in [3.05, 3.63) is 58.4 Å². The number of aliphatic hydroxyl groups is 1. The van der Waals surface area contributed by atoms with E-state index in [0.29, 0.717) is 22.9 Å². The molecule has 0 atom stereocenters. The van der Waals surface area contributed by atoms with Gasteiger partial charge in [0.05, 0.1) is 18.0 Å². The van der Waals surface area contributed by atoms with Crippen molar-refractivity contribution in [3.8, 4) is 10.6 Å². The summed E-state index contributed by atoms with van der Waals surface area (Å²) in [6.45, 7) is 0.247. The Morgan fingerprint density at radius 3 is 2.74 bits per heavy atom.